The van der Waals surface area contributed by atoms with Crippen LogP contribution in [0, 0.1) is 11.8 Å². The number of nitrogens with zero attached hydrogens (tertiary/aromatic N) is 1. The summed E-state index contributed by atoms with van der Waals surface area (Å²) in [6.07, 6.45) is 2.67. The Balaban J connectivity index is 1.58. The van der Waals surface area contributed by atoms with Crippen LogP contribution in [0.25, 0.3) is 0 Å². The molecule has 1 aromatic carbocycles. The molecule has 1 heterocycles. The van der Waals surface area contributed by atoms with E-state index in [1.807, 2.05) is 30.3 Å². The van der Waals surface area contributed by atoms with Crippen molar-refractivity contribution >= 4 is 5.91 Å². The van der Waals surface area contributed by atoms with Crippen LogP contribution in [-0.4, -0.2) is 49.2 Å². The SMILES string of the molecule is C[C@@H]1CN(CCCCNC(=O)C#Cc2ccccc2)C[C@H](C)O1. The summed E-state index contributed by atoms with van der Waals surface area (Å²) in [4.78, 5) is 14.1. The summed E-state index contributed by atoms with van der Waals surface area (Å²) < 4.78 is 5.72. The van der Waals surface area contributed by atoms with E-state index in [0.29, 0.717) is 18.8 Å². The summed E-state index contributed by atoms with van der Waals surface area (Å²) >= 11 is 0. The average Bonchev–Trinajstić information content (AvgIpc) is 2.53. The second-order valence-corrected chi connectivity index (χ2v) is 6.10. The predicted molar refractivity (Wildman–Crippen MR) is 92.0 cm³/mol. The van der Waals surface area contributed by atoms with Gasteiger partial charge in [0.05, 0.1) is 12.2 Å². The first kappa shape index (κ1) is 17.5. The van der Waals surface area contributed by atoms with Crippen molar-refractivity contribution in [3.8, 4) is 11.8 Å². The van der Waals surface area contributed by atoms with Gasteiger partial charge in [0, 0.05) is 31.1 Å². The van der Waals surface area contributed by atoms with Gasteiger partial charge in [0.2, 0.25) is 0 Å². The van der Waals surface area contributed by atoms with Crippen LogP contribution in [0.2, 0.25) is 0 Å². The summed E-state index contributed by atoms with van der Waals surface area (Å²) in [6, 6.07) is 9.54. The zero-order valence-electron chi connectivity index (χ0n) is 14.0. The molecule has 1 N–H and O–H groups in total. The van der Waals surface area contributed by atoms with Crippen molar-refractivity contribution in [3.05, 3.63) is 35.9 Å². The Morgan fingerprint density at radius 3 is 2.61 bits per heavy atom. The highest BCUT2D eigenvalue weighted by molar-refractivity contribution is 5.94. The number of carbonyl (C=O) groups excluding carboxylic acids is 1. The molecule has 2 atom stereocenters. The van der Waals surface area contributed by atoms with Gasteiger partial charge in [-0.05, 0) is 45.4 Å². The van der Waals surface area contributed by atoms with Gasteiger partial charge in [-0.1, -0.05) is 24.1 Å². The van der Waals surface area contributed by atoms with Crippen LogP contribution in [-0.2, 0) is 9.53 Å². The van der Waals surface area contributed by atoms with Gasteiger partial charge in [-0.25, -0.2) is 0 Å². The van der Waals surface area contributed by atoms with Crippen LogP contribution < -0.4 is 5.32 Å². The first-order valence-corrected chi connectivity index (χ1v) is 8.36. The molecule has 0 radical (unpaired) electrons. The Kier molecular flexibility index (Phi) is 7.12. The van der Waals surface area contributed by atoms with E-state index in [-0.39, 0.29) is 5.91 Å². The maximum Gasteiger partial charge on any atom is 0.296 e. The number of benzene rings is 1. The van der Waals surface area contributed by atoms with Gasteiger partial charge >= 0.3 is 0 Å². The van der Waals surface area contributed by atoms with Gasteiger partial charge in [0.15, 0.2) is 0 Å². The van der Waals surface area contributed by atoms with Gasteiger partial charge in [-0.2, -0.15) is 0 Å². The standard InChI is InChI=1S/C19H26N2O2/c1-16-14-21(15-17(2)23-16)13-7-6-12-20-19(22)11-10-18-8-4-3-5-9-18/h3-5,8-9,16-17H,6-7,12-15H2,1-2H3,(H,20,22)/t16-,17+. The van der Waals surface area contributed by atoms with Gasteiger partial charge in [0.25, 0.3) is 5.91 Å². The zero-order valence-corrected chi connectivity index (χ0v) is 14.0. The second-order valence-electron chi connectivity index (χ2n) is 6.10. The van der Waals surface area contributed by atoms with Crippen molar-refractivity contribution in [3.63, 3.8) is 0 Å². The summed E-state index contributed by atoms with van der Waals surface area (Å²) in [5, 5.41) is 2.85. The average molecular weight is 314 g/mol. The van der Waals surface area contributed by atoms with Crippen LogP contribution in [0.3, 0.4) is 0 Å². The number of carbonyl (C=O) groups is 1. The number of rotatable bonds is 5. The Morgan fingerprint density at radius 1 is 1.22 bits per heavy atom. The molecule has 0 aromatic heterocycles. The maximum atomic E-state index is 11.7. The molecular formula is C19H26N2O2. The summed E-state index contributed by atoms with van der Waals surface area (Å²) in [6.45, 7) is 7.97. The van der Waals surface area contributed by atoms with Crippen molar-refractivity contribution in [2.75, 3.05) is 26.2 Å². The molecule has 0 spiro atoms. The van der Waals surface area contributed by atoms with E-state index in [2.05, 4.69) is 35.9 Å². The Labute approximate surface area is 139 Å². The number of morpholine rings is 1. The topological polar surface area (TPSA) is 41.6 Å². The lowest BCUT2D eigenvalue weighted by molar-refractivity contribution is -0.115. The highest BCUT2D eigenvalue weighted by Crippen LogP contribution is 2.11. The number of amides is 1. The highest BCUT2D eigenvalue weighted by Gasteiger charge is 2.21. The molecule has 4 nitrogen and oxygen atoms in total. The molecule has 2 rings (SSSR count). The number of nitrogens with one attached hydrogen (secondary N) is 1. The van der Waals surface area contributed by atoms with Crippen molar-refractivity contribution in [2.24, 2.45) is 0 Å². The summed E-state index contributed by atoms with van der Waals surface area (Å²) in [5.74, 6) is 5.28. The van der Waals surface area contributed by atoms with Crippen molar-refractivity contribution < 1.29 is 9.53 Å². The lowest BCUT2D eigenvalue weighted by Crippen LogP contribution is -2.45. The minimum absolute atomic E-state index is 0.206. The van der Waals surface area contributed by atoms with E-state index in [1.54, 1.807) is 0 Å². The molecule has 1 aliphatic heterocycles. The van der Waals surface area contributed by atoms with Crippen LogP contribution >= 0.6 is 0 Å². The van der Waals surface area contributed by atoms with Crippen molar-refractivity contribution in [1.29, 1.82) is 0 Å². The lowest BCUT2D eigenvalue weighted by Gasteiger charge is -2.35. The summed E-state index contributed by atoms with van der Waals surface area (Å²) in [7, 11) is 0. The molecule has 1 aliphatic rings. The third-order valence-electron chi connectivity index (χ3n) is 3.78. The van der Waals surface area contributed by atoms with Gasteiger partial charge < -0.3 is 10.1 Å². The van der Waals surface area contributed by atoms with Crippen LogP contribution in [0.1, 0.15) is 32.3 Å². The highest BCUT2D eigenvalue weighted by atomic mass is 16.5. The zero-order chi connectivity index (χ0) is 16.5. The van der Waals surface area contributed by atoms with Crippen molar-refractivity contribution in [2.45, 2.75) is 38.9 Å². The normalized spacial score (nSPS) is 21.3. The Bertz CT molecular complexity index is 537. The molecule has 0 saturated carbocycles. The van der Waals surface area contributed by atoms with Crippen LogP contribution in [0.5, 0.6) is 0 Å². The van der Waals surface area contributed by atoms with E-state index in [1.165, 1.54) is 0 Å². The molecule has 0 aliphatic carbocycles. The van der Waals surface area contributed by atoms with Gasteiger partial charge in [-0.3, -0.25) is 9.69 Å². The molecule has 1 fully saturated rings. The Morgan fingerprint density at radius 2 is 1.91 bits per heavy atom. The number of hydrogen-bond donors (Lipinski definition) is 1. The molecule has 23 heavy (non-hydrogen) atoms. The van der Waals surface area contributed by atoms with Crippen molar-refractivity contribution in [1.82, 2.24) is 10.2 Å². The van der Waals surface area contributed by atoms with Crippen LogP contribution in [0.4, 0.5) is 0 Å². The molecule has 4 heteroatoms. The molecular weight excluding hydrogens is 288 g/mol. The molecule has 124 valence electrons. The first-order chi connectivity index (χ1) is 11.1. The molecule has 1 saturated heterocycles. The number of ether oxygens (including phenoxy) is 1. The maximum absolute atomic E-state index is 11.7. The predicted octanol–water partition coefficient (Wildman–Crippen LogP) is 2.04. The second kappa shape index (κ2) is 9.34. The third-order valence-corrected chi connectivity index (χ3v) is 3.78. The fraction of sp³-hybridized carbons (Fsp3) is 0.526. The van der Waals surface area contributed by atoms with E-state index < -0.39 is 0 Å². The number of hydrogen-bond acceptors (Lipinski definition) is 3. The quantitative estimate of drug-likeness (QED) is 0.668. The number of unbranched alkanes of at least 4 members (excludes halogenated alkanes) is 1. The first-order valence-electron chi connectivity index (χ1n) is 8.36. The lowest BCUT2D eigenvalue weighted by atomic mass is 10.2. The molecule has 1 aromatic rings. The van der Waals surface area contributed by atoms with E-state index in [0.717, 1.165) is 38.0 Å². The largest absolute Gasteiger partial charge is 0.373 e. The smallest absolute Gasteiger partial charge is 0.296 e. The van der Waals surface area contributed by atoms with Crippen LogP contribution in [0.15, 0.2) is 30.3 Å². The fourth-order valence-corrected chi connectivity index (χ4v) is 2.82. The Hall–Kier alpha value is -1.83. The van der Waals surface area contributed by atoms with E-state index in [9.17, 15) is 4.79 Å². The molecule has 0 bridgehead atoms. The molecule has 0 unspecified atom stereocenters. The van der Waals surface area contributed by atoms with Gasteiger partial charge in [-0.15, -0.1) is 0 Å². The molecule has 1 amide bonds. The van der Waals surface area contributed by atoms with E-state index in [4.69, 9.17) is 4.74 Å². The van der Waals surface area contributed by atoms with E-state index >= 15 is 0 Å². The minimum Gasteiger partial charge on any atom is -0.373 e. The monoisotopic (exact) mass is 314 g/mol. The minimum atomic E-state index is -0.206. The van der Waals surface area contributed by atoms with Gasteiger partial charge in [0.1, 0.15) is 0 Å². The fourth-order valence-electron chi connectivity index (χ4n) is 2.82. The third kappa shape index (κ3) is 6.85. The summed E-state index contributed by atoms with van der Waals surface area (Å²) in [5.41, 5.74) is 0.859.